The number of amides is 2. The van der Waals surface area contributed by atoms with Crippen LogP contribution in [0.4, 0.5) is 4.79 Å². The van der Waals surface area contributed by atoms with Gasteiger partial charge < -0.3 is 25.7 Å². The fraction of sp³-hybridized carbons (Fsp3) is 0.833. The van der Waals surface area contributed by atoms with E-state index in [0.29, 0.717) is 19.0 Å². The van der Waals surface area contributed by atoms with E-state index >= 15 is 0 Å². The molecule has 1 aliphatic heterocycles. The van der Waals surface area contributed by atoms with E-state index in [9.17, 15) is 9.59 Å². The Balaban J connectivity index is 2.49. The molecule has 0 aromatic rings. The number of aliphatic hydroxyl groups excluding tert-OH is 1. The second-order valence-electron chi connectivity index (χ2n) is 4.86. The number of hydrogen-bond acceptors (Lipinski definition) is 4. The van der Waals surface area contributed by atoms with Crippen molar-refractivity contribution >= 4 is 12.0 Å². The molecule has 7 heteroatoms. The Morgan fingerprint density at radius 2 is 2.21 bits per heavy atom. The summed E-state index contributed by atoms with van der Waals surface area (Å²) in [6.45, 7) is 1.87. The first-order valence-corrected chi connectivity index (χ1v) is 6.62. The molecule has 0 aromatic heterocycles. The molecule has 1 fully saturated rings. The zero-order valence-corrected chi connectivity index (χ0v) is 11.3. The van der Waals surface area contributed by atoms with Gasteiger partial charge >= 0.3 is 12.0 Å². The van der Waals surface area contributed by atoms with E-state index < -0.39 is 12.0 Å². The van der Waals surface area contributed by atoms with Crippen molar-refractivity contribution in [1.29, 1.82) is 0 Å². The van der Waals surface area contributed by atoms with Crippen molar-refractivity contribution in [2.45, 2.75) is 25.3 Å². The molecule has 4 N–H and O–H groups in total. The Labute approximate surface area is 113 Å². The third-order valence-electron chi connectivity index (χ3n) is 3.31. The van der Waals surface area contributed by atoms with Crippen molar-refractivity contribution in [3.8, 4) is 0 Å². The lowest BCUT2D eigenvalue weighted by molar-refractivity contribution is -0.139. The third kappa shape index (κ3) is 5.04. The molecule has 19 heavy (non-hydrogen) atoms. The number of carboxylic acids is 1. The van der Waals surface area contributed by atoms with Gasteiger partial charge in [0.2, 0.25) is 0 Å². The van der Waals surface area contributed by atoms with E-state index in [1.165, 1.54) is 0 Å². The summed E-state index contributed by atoms with van der Waals surface area (Å²) in [6.07, 6.45) is 2.02. The number of urea groups is 1. The zero-order chi connectivity index (χ0) is 14.3. The molecule has 0 spiro atoms. The minimum atomic E-state index is -1.12. The van der Waals surface area contributed by atoms with Gasteiger partial charge in [-0.1, -0.05) is 0 Å². The van der Waals surface area contributed by atoms with Crippen molar-refractivity contribution in [3.05, 3.63) is 0 Å². The highest BCUT2D eigenvalue weighted by Gasteiger charge is 2.26. The molecule has 0 aliphatic carbocycles. The van der Waals surface area contributed by atoms with Crippen molar-refractivity contribution in [2.75, 3.05) is 33.3 Å². The molecule has 2 atom stereocenters. The molecule has 1 saturated heterocycles. The average Bonchev–Trinajstić information content (AvgIpc) is 2.38. The summed E-state index contributed by atoms with van der Waals surface area (Å²) in [4.78, 5) is 24.6. The van der Waals surface area contributed by atoms with Gasteiger partial charge in [0.15, 0.2) is 0 Å². The lowest BCUT2D eigenvalue weighted by Gasteiger charge is -2.33. The first kappa shape index (κ1) is 15.7. The van der Waals surface area contributed by atoms with Gasteiger partial charge in [-0.2, -0.15) is 0 Å². The summed E-state index contributed by atoms with van der Waals surface area (Å²) in [5.41, 5.74) is 0. The van der Waals surface area contributed by atoms with E-state index in [1.807, 2.05) is 7.05 Å². The summed E-state index contributed by atoms with van der Waals surface area (Å²) in [5.74, 6) is -0.711. The minimum Gasteiger partial charge on any atom is -0.480 e. The number of likely N-dealkylation sites (tertiary alicyclic amines) is 1. The largest absolute Gasteiger partial charge is 0.480 e. The summed E-state index contributed by atoms with van der Waals surface area (Å²) in [5, 5.41) is 23.3. The maximum absolute atomic E-state index is 12.0. The lowest BCUT2D eigenvalue weighted by Crippen LogP contribution is -2.51. The zero-order valence-electron chi connectivity index (χ0n) is 11.3. The first-order chi connectivity index (χ1) is 9.08. The number of hydrogen-bond donors (Lipinski definition) is 4. The summed E-state index contributed by atoms with van der Waals surface area (Å²) in [7, 11) is 1.88. The molecule has 0 aromatic carbocycles. The average molecular weight is 273 g/mol. The van der Waals surface area contributed by atoms with Crippen molar-refractivity contribution in [2.24, 2.45) is 5.92 Å². The van der Waals surface area contributed by atoms with Crippen LogP contribution in [-0.2, 0) is 4.79 Å². The SMILES string of the molecule is CNCC1CCCN(C(=O)NC(CCO)C(=O)O)C1. The van der Waals surface area contributed by atoms with Crippen LogP contribution in [-0.4, -0.2) is 66.4 Å². The summed E-state index contributed by atoms with van der Waals surface area (Å²) >= 11 is 0. The predicted octanol–water partition coefficient (Wildman–Crippen LogP) is -0.537. The van der Waals surface area contributed by atoms with Gasteiger partial charge in [0.1, 0.15) is 6.04 Å². The van der Waals surface area contributed by atoms with Gasteiger partial charge in [0.25, 0.3) is 0 Å². The smallest absolute Gasteiger partial charge is 0.326 e. The number of carboxylic acid groups (broad SMARTS) is 1. The van der Waals surface area contributed by atoms with Gasteiger partial charge in [0, 0.05) is 26.1 Å². The highest BCUT2D eigenvalue weighted by Crippen LogP contribution is 2.15. The molecule has 0 radical (unpaired) electrons. The fourth-order valence-electron chi connectivity index (χ4n) is 2.33. The summed E-state index contributed by atoms with van der Waals surface area (Å²) in [6, 6.07) is -1.39. The van der Waals surface area contributed by atoms with Crippen LogP contribution in [0.25, 0.3) is 0 Å². The van der Waals surface area contributed by atoms with E-state index in [1.54, 1.807) is 4.90 Å². The molecule has 7 nitrogen and oxygen atoms in total. The second kappa shape index (κ2) is 7.96. The van der Waals surface area contributed by atoms with Crippen LogP contribution in [0.5, 0.6) is 0 Å². The van der Waals surface area contributed by atoms with Crippen molar-refractivity contribution in [1.82, 2.24) is 15.5 Å². The first-order valence-electron chi connectivity index (χ1n) is 6.62. The Bertz CT molecular complexity index is 309. The molecular weight excluding hydrogens is 250 g/mol. The van der Waals surface area contributed by atoms with Gasteiger partial charge in [-0.25, -0.2) is 9.59 Å². The molecule has 1 rings (SSSR count). The Kier molecular flexibility index (Phi) is 6.58. The van der Waals surface area contributed by atoms with Crippen molar-refractivity contribution in [3.63, 3.8) is 0 Å². The molecule has 0 saturated carbocycles. The monoisotopic (exact) mass is 273 g/mol. The molecule has 0 bridgehead atoms. The Hall–Kier alpha value is -1.34. The quantitative estimate of drug-likeness (QED) is 0.521. The maximum Gasteiger partial charge on any atom is 0.326 e. The van der Waals surface area contributed by atoms with Crippen LogP contribution < -0.4 is 10.6 Å². The number of rotatable bonds is 6. The number of carbonyl (C=O) groups is 2. The molecular formula is C12H23N3O4. The van der Waals surface area contributed by atoms with Gasteiger partial charge in [-0.15, -0.1) is 0 Å². The predicted molar refractivity (Wildman–Crippen MR) is 69.9 cm³/mol. The minimum absolute atomic E-state index is 0.0227. The van der Waals surface area contributed by atoms with Gasteiger partial charge in [0.05, 0.1) is 0 Å². The van der Waals surface area contributed by atoms with E-state index in [4.69, 9.17) is 10.2 Å². The normalized spacial score (nSPS) is 20.9. The van der Waals surface area contributed by atoms with Gasteiger partial charge in [-0.3, -0.25) is 0 Å². The topological polar surface area (TPSA) is 102 Å². The molecule has 1 heterocycles. The Morgan fingerprint density at radius 3 is 2.79 bits per heavy atom. The number of nitrogens with one attached hydrogen (secondary N) is 2. The molecule has 110 valence electrons. The van der Waals surface area contributed by atoms with Crippen LogP contribution in [0.15, 0.2) is 0 Å². The number of piperidine rings is 1. The van der Waals surface area contributed by atoms with Crippen LogP contribution in [0.2, 0.25) is 0 Å². The van der Waals surface area contributed by atoms with Crippen LogP contribution in [0, 0.1) is 5.92 Å². The molecule has 1 aliphatic rings. The molecule has 2 amide bonds. The van der Waals surface area contributed by atoms with Gasteiger partial charge in [-0.05, 0) is 32.4 Å². The number of aliphatic hydroxyl groups is 1. The Morgan fingerprint density at radius 1 is 1.47 bits per heavy atom. The van der Waals surface area contributed by atoms with Crippen LogP contribution in [0.3, 0.4) is 0 Å². The lowest BCUT2D eigenvalue weighted by atomic mass is 9.98. The third-order valence-corrected chi connectivity index (χ3v) is 3.31. The fourth-order valence-corrected chi connectivity index (χ4v) is 2.33. The van der Waals surface area contributed by atoms with E-state index in [-0.39, 0.29) is 19.1 Å². The van der Waals surface area contributed by atoms with E-state index in [2.05, 4.69) is 10.6 Å². The second-order valence-corrected chi connectivity index (χ2v) is 4.86. The maximum atomic E-state index is 12.0. The summed E-state index contributed by atoms with van der Waals surface area (Å²) < 4.78 is 0. The standard InChI is InChI=1S/C12H23N3O4/c1-13-7-9-3-2-5-15(8-9)12(19)14-10(4-6-16)11(17)18/h9-10,13,16H,2-8H2,1H3,(H,14,19)(H,17,18). The number of aliphatic carboxylic acids is 1. The van der Waals surface area contributed by atoms with E-state index in [0.717, 1.165) is 19.4 Å². The molecule has 2 unspecified atom stereocenters. The van der Waals surface area contributed by atoms with Crippen LogP contribution >= 0.6 is 0 Å². The van der Waals surface area contributed by atoms with Crippen LogP contribution in [0.1, 0.15) is 19.3 Å². The highest BCUT2D eigenvalue weighted by molar-refractivity contribution is 5.82. The number of nitrogens with zero attached hydrogens (tertiary/aromatic N) is 1. The van der Waals surface area contributed by atoms with Crippen molar-refractivity contribution < 1.29 is 19.8 Å². The highest BCUT2D eigenvalue weighted by atomic mass is 16.4. The number of carbonyl (C=O) groups excluding carboxylic acids is 1.